The Bertz CT molecular complexity index is 993. The maximum atomic E-state index is 13.9. The van der Waals surface area contributed by atoms with E-state index in [0.29, 0.717) is 16.4 Å². The zero-order valence-corrected chi connectivity index (χ0v) is 13.4. The molecular formula is C18H11ClF2N2O2. The minimum Gasteiger partial charge on any atom is -0.618 e. The van der Waals surface area contributed by atoms with Gasteiger partial charge in [-0.2, -0.15) is 4.73 Å². The van der Waals surface area contributed by atoms with E-state index in [-0.39, 0.29) is 27.5 Å². The summed E-state index contributed by atoms with van der Waals surface area (Å²) in [5, 5.41) is 12.4. The van der Waals surface area contributed by atoms with E-state index in [1.54, 1.807) is 24.3 Å². The molecule has 2 aromatic carbocycles. The second kappa shape index (κ2) is 6.49. The SMILES string of the molecule is Nc1c(C(=O)c2ccc(F)cc2F)cc[n+]([O-])c1-c1ccccc1Cl. The van der Waals surface area contributed by atoms with Gasteiger partial charge in [0.05, 0.1) is 21.7 Å². The highest BCUT2D eigenvalue weighted by atomic mass is 35.5. The standard InChI is InChI=1S/C18H11ClF2N2O2/c19-14-4-2-1-3-11(14)17-16(22)13(7-8-23(17)25)18(24)12-6-5-10(20)9-15(12)21/h1-9H,22H2. The zero-order valence-electron chi connectivity index (χ0n) is 12.7. The van der Waals surface area contributed by atoms with Gasteiger partial charge in [0, 0.05) is 12.1 Å². The Balaban J connectivity index is 2.17. The summed E-state index contributed by atoms with van der Waals surface area (Å²) >= 11 is 6.10. The molecule has 25 heavy (non-hydrogen) atoms. The number of nitrogens with zero attached hydrogens (tertiary/aromatic N) is 1. The number of ketones is 1. The highest BCUT2D eigenvalue weighted by Gasteiger charge is 2.25. The number of pyridine rings is 1. The van der Waals surface area contributed by atoms with Gasteiger partial charge in [-0.1, -0.05) is 23.7 Å². The van der Waals surface area contributed by atoms with E-state index in [2.05, 4.69) is 0 Å². The molecule has 2 N–H and O–H groups in total. The molecule has 0 atom stereocenters. The van der Waals surface area contributed by atoms with Gasteiger partial charge < -0.3 is 10.9 Å². The van der Waals surface area contributed by atoms with Crippen LogP contribution in [0.2, 0.25) is 5.02 Å². The first-order valence-corrected chi connectivity index (χ1v) is 7.54. The van der Waals surface area contributed by atoms with Gasteiger partial charge in [-0.05, 0) is 24.3 Å². The van der Waals surface area contributed by atoms with Gasteiger partial charge in [-0.25, -0.2) is 8.78 Å². The lowest BCUT2D eigenvalue weighted by Gasteiger charge is -2.12. The van der Waals surface area contributed by atoms with Crippen LogP contribution >= 0.6 is 11.6 Å². The monoisotopic (exact) mass is 360 g/mol. The van der Waals surface area contributed by atoms with Crippen LogP contribution in [0.25, 0.3) is 11.3 Å². The smallest absolute Gasteiger partial charge is 0.249 e. The van der Waals surface area contributed by atoms with Crippen LogP contribution < -0.4 is 10.5 Å². The Hall–Kier alpha value is -2.99. The number of rotatable bonds is 3. The van der Waals surface area contributed by atoms with Crippen LogP contribution in [0.5, 0.6) is 0 Å². The molecule has 0 saturated heterocycles. The number of aromatic nitrogens is 1. The Morgan fingerprint density at radius 2 is 1.80 bits per heavy atom. The molecule has 0 spiro atoms. The molecule has 3 rings (SSSR count). The predicted octanol–water partition coefficient (Wildman–Crippen LogP) is 3.73. The average Bonchev–Trinajstić information content (AvgIpc) is 2.56. The van der Waals surface area contributed by atoms with Crippen LogP contribution in [0.3, 0.4) is 0 Å². The van der Waals surface area contributed by atoms with Crippen LogP contribution in [0.15, 0.2) is 54.7 Å². The average molecular weight is 361 g/mol. The van der Waals surface area contributed by atoms with E-state index in [9.17, 15) is 18.8 Å². The second-order valence-electron chi connectivity index (χ2n) is 5.25. The number of hydrogen-bond acceptors (Lipinski definition) is 3. The first-order chi connectivity index (χ1) is 11.9. The number of anilines is 1. The highest BCUT2D eigenvalue weighted by molar-refractivity contribution is 6.33. The molecule has 126 valence electrons. The van der Waals surface area contributed by atoms with Gasteiger partial charge in [0.25, 0.3) is 0 Å². The molecule has 0 radical (unpaired) electrons. The number of carbonyl (C=O) groups is 1. The van der Waals surface area contributed by atoms with Crippen molar-refractivity contribution < 1.29 is 18.3 Å². The molecule has 0 aliphatic rings. The zero-order chi connectivity index (χ0) is 18.1. The van der Waals surface area contributed by atoms with E-state index >= 15 is 0 Å². The highest BCUT2D eigenvalue weighted by Crippen LogP contribution is 2.31. The number of nitrogen functional groups attached to an aromatic ring is 1. The van der Waals surface area contributed by atoms with Crippen molar-refractivity contribution in [2.45, 2.75) is 0 Å². The van der Waals surface area contributed by atoms with Crippen LogP contribution in [0.4, 0.5) is 14.5 Å². The molecule has 0 fully saturated rings. The topological polar surface area (TPSA) is 70.0 Å². The summed E-state index contributed by atoms with van der Waals surface area (Å²) in [6, 6.07) is 10.3. The van der Waals surface area contributed by atoms with Gasteiger partial charge in [-0.15, -0.1) is 0 Å². The number of carbonyl (C=O) groups excluding carboxylic acids is 1. The summed E-state index contributed by atoms with van der Waals surface area (Å²) in [6.07, 6.45) is 1.09. The van der Waals surface area contributed by atoms with Crippen molar-refractivity contribution in [3.8, 4) is 11.3 Å². The predicted molar refractivity (Wildman–Crippen MR) is 90.1 cm³/mol. The molecular weight excluding hydrogens is 350 g/mol. The Morgan fingerprint density at radius 3 is 2.48 bits per heavy atom. The Labute approximate surface area is 146 Å². The quantitative estimate of drug-likeness (QED) is 0.439. The van der Waals surface area contributed by atoms with Crippen LogP contribution in [0.1, 0.15) is 15.9 Å². The lowest BCUT2D eigenvalue weighted by molar-refractivity contribution is -0.593. The molecule has 0 amide bonds. The number of nitrogens with two attached hydrogens (primary N) is 1. The van der Waals surface area contributed by atoms with Crippen molar-refractivity contribution >= 4 is 23.1 Å². The van der Waals surface area contributed by atoms with Crippen molar-refractivity contribution in [3.63, 3.8) is 0 Å². The van der Waals surface area contributed by atoms with Crippen molar-refractivity contribution in [1.29, 1.82) is 0 Å². The van der Waals surface area contributed by atoms with Crippen molar-refractivity contribution in [2.75, 3.05) is 5.73 Å². The Kier molecular flexibility index (Phi) is 4.37. The Morgan fingerprint density at radius 1 is 1.08 bits per heavy atom. The molecule has 4 nitrogen and oxygen atoms in total. The molecule has 0 aliphatic carbocycles. The summed E-state index contributed by atoms with van der Waals surface area (Å²) in [6.45, 7) is 0. The molecule has 0 saturated carbocycles. The van der Waals surface area contributed by atoms with Gasteiger partial charge in [-0.3, -0.25) is 4.79 Å². The van der Waals surface area contributed by atoms with Crippen LogP contribution in [0, 0.1) is 16.8 Å². The first kappa shape index (κ1) is 16.9. The fourth-order valence-electron chi connectivity index (χ4n) is 2.49. The third-order valence-electron chi connectivity index (χ3n) is 3.69. The minimum atomic E-state index is -1.01. The van der Waals surface area contributed by atoms with Crippen molar-refractivity contribution in [2.24, 2.45) is 0 Å². The van der Waals surface area contributed by atoms with E-state index in [1.807, 2.05) is 0 Å². The van der Waals surface area contributed by atoms with Crippen LogP contribution in [-0.4, -0.2) is 5.78 Å². The molecule has 0 aliphatic heterocycles. The first-order valence-electron chi connectivity index (χ1n) is 7.16. The summed E-state index contributed by atoms with van der Waals surface area (Å²) in [4.78, 5) is 12.6. The van der Waals surface area contributed by atoms with Gasteiger partial charge in [0.1, 0.15) is 17.3 Å². The lowest BCUT2D eigenvalue weighted by Crippen LogP contribution is -2.31. The van der Waals surface area contributed by atoms with Gasteiger partial charge >= 0.3 is 0 Å². The molecule has 1 heterocycles. The molecule has 0 unspecified atom stereocenters. The maximum absolute atomic E-state index is 13.9. The van der Waals surface area contributed by atoms with Crippen LogP contribution in [-0.2, 0) is 0 Å². The largest absolute Gasteiger partial charge is 0.618 e. The van der Waals surface area contributed by atoms with Gasteiger partial charge in [0.15, 0.2) is 12.0 Å². The third-order valence-corrected chi connectivity index (χ3v) is 4.02. The normalized spacial score (nSPS) is 10.7. The van der Waals surface area contributed by atoms with E-state index in [1.165, 1.54) is 6.07 Å². The maximum Gasteiger partial charge on any atom is 0.249 e. The lowest BCUT2D eigenvalue weighted by atomic mass is 9.99. The number of benzene rings is 2. The molecule has 1 aromatic heterocycles. The summed E-state index contributed by atoms with van der Waals surface area (Å²) < 4.78 is 27.4. The van der Waals surface area contributed by atoms with E-state index in [0.717, 1.165) is 18.3 Å². The minimum absolute atomic E-state index is 0.0148. The second-order valence-corrected chi connectivity index (χ2v) is 5.66. The van der Waals surface area contributed by atoms with E-state index in [4.69, 9.17) is 17.3 Å². The molecule has 0 bridgehead atoms. The number of halogens is 3. The van der Waals surface area contributed by atoms with Crippen molar-refractivity contribution in [3.05, 3.63) is 87.7 Å². The summed E-state index contributed by atoms with van der Waals surface area (Å²) in [5.74, 6) is -2.57. The van der Waals surface area contributed by atoms with E-state index < -0.39 is 17.4 Å². The fraction of sp³-hybridized carbons (Fsp3) is 0. The third kappa shape index (κ3) is 3.04. The summed E-state index contributed by atoms with van der Waals surface area (Å²) in [5.41, 5.74) is 5.77. The number of hydrogen-bond donors (Lipinski definition) is 1. The molecule has 7 heteroatoms. The van der Waals surface area contributed by atoms with Gasteiger partial charge in [0.2, 0.25) is 5.69 Å². The summed E-state index contributed by atoms with van der Waals surface area (Å²) in [7, 11) is 0. The van der Waals surface area contributed by atoms with Crippen molar-refractivity contribution in [1.82, 2.24) is 0 Å². The molecule has 3 aromatic rings. The fourth-order valence-corrected chi connectivity index (χ4v) is 2.71.